The number of rotatable bonds is 4. The predicted molar refractivity (Wildman–Crippen MR) is 127 cm³/mol. The Balaban J connectivity index is 1.74. The molecule has 2 heterocycles. The van der Waals surface area contributed by atoms with Crippen LogP contribution in [0.15, 0.2) is 85.5 Å². The number of nitrogens with zero attached hydrogens (tertiary/aromatic N) is 4. The van der Waals surface area contributed by atoms with Crippen LogP contribution in [0.3, 0.4) is 0 Å². The van der Waals surface area contributed by atoms with E-state index in [-0.39, 0.29) is 11.4 Å². The van der Waals surface area contributed by atoms with Gasteiger partial charge in [-0.05, 0) is 30.3 Å². The number of benzene rings is 3. The summed E-state index contributed by atoms with van der Waals surface area (Å²) in [7, 11) is 0. The maximum Gasteiger partial charge on any atom is 0.312 e. The molecule has 0 saturated heterocycles. The van der Waals surface area contributed by atoms with Gasteiger partial charge in [-0.3, -0.25) is 14.9 Å². The van der Waals surface area contributed by atoms with Crippen LogP contribution >= 0.6 is 15.9 Å². The van der Waals surface area contributed by atoms with Gasteiger partial charge < -0.3 is 9.52 Å². The normalized spacial score (nSPS) is 11.5. The first-order valence-corrected chi connectivity index (χ1v) is 10.4. The highest BCUT2D eigenvalue weighted by molar-refractivity contribution is 9.10. The van der Waals surface area contributed by atoms with Gasteiger partial charge in [0.2, 0.25) is 11.6 Å². The average molecular weight is 505 g/mol. The van der Waals surface area contributed by atoms with E-state index in [0.717, 1.165) is 16.3 Å². The van der Waals surface area contributed by atoms with Crippen LogP contribution in [0.4, 0.5) is 5.69 Å². The van der Waals surface area contributed by atoms with Gasteiger partial charge in [-0.25, -0.2) is 4.98 Å². The Kier molecular flexibility index (Phi) is 4.98. The van der Waals surface area contributed by atoms with Gasteiger partial charge in [0.15, 0.2) is 5.76 Å². The molecule has 162 valence electrons. The number of para-hydroxylation sites is 2. The molecule has 0 radical (unpaired) electrons. The maximum absolute atomic E-state index is 13.3. The standard InChI is InChI=1S/C23H13BrN4O5/c24-15-9-14(21(29)18(11-15)28(31)32)12-25-27-22(20-10-13-5-1-4-8-19(13)33-20)26-17-7-3-2-6-16(17)23(27)30/h1-12,29H. The smallest absolute Gasteiger partial charge is 0.312 e. The maximum atomic E-state index is 13.3. The van der Waals surface area contributed by atoms with Gasteiger partial charge in [0.05, 0.1) is 22.0 Å². The van der Waals surface area contributed by atoms with Crippen LogP contribution in [-0.2, 0) is 0 Å². The number of phenols is 1. The largest absolute Gasteiger partial charge is 0.502 e. The van der Waals surface area contributed by atoms with Crippen LogP contribution in [0, 0.1) is 10.1 Å². The second kappa shape index (κ2) is 7.99. The Morgan fingerprint density at radius 1 is 1.12 bits per heavy atom. The van der Waals surface area contributed by atoms with Crippen LogP contribution in [0.2, 0.25) is 0 Å². The van der Waals surface area contributed by atoms with E-state index in [1.54, 1.807) is 36.4 Å². The molecule has 0 aliphatic rings. The van der Waals surface area contributed by atoms with Gasteiger partial charge in [0.25, 0.3) is 5.56 Å². The Hall–Kier alpha value is -4.31. The lowest BCUT2D eigenvalue weighted by molar-refractivity contribution is -0.385. The fourth-order valence-electron chi connectivity index (χ4n) is 3.45. The molecule has 3 aromatic carbocycles. The SMILES string of the molecule is O=c1c2ccccc2nc(-c2cc3ccccc3o2)n1N=Cc1cc(Br)cc([N+](=O)[O-])c1O. The molecule has 10 heteroatoms. The quantitative estimate of drug-likeness (QED) is 0.207. The molecule has 2 aromatic heterocycles. The van der Waals surface area contributed by atoms with E-state index in [4.69, 9.17) is 4.42 Å². The number of aromatic nitrogens is 2. The molecule has 0 aliphatic heterocycles. The molecular formula is C23H13BrN4O5. The molecule has 0 unspecified atom stereocenters. The molecule has 0 saturated carbocycles. The third-order valence-corrected chi connectivity index (χ3v) is 5.45. The second-order valence-corrected chi connectivity index (χ2v) is 8.00. The van der Waals surface area contributed by atoms with Crippen molar-refractivity contribution in [2.24, 2.45) is 5.10 Å². The Morgan fingerprint density at radius 2 is 1.88 bits per heavy atom. The Bertz CT molecular complexity index is 1620. The molecule has 33 heavy (non-hydrogen) atoms. The van der Waals surface area contributed by atoms with Crippen molar-refractivity contribution >= 4 is 49.7 Å². The minimum Gasteiger partial charge on any atom is -0.502 e. The lowest BCUT2D eigenvalue weighted by Crippen LogP contribution is -2.20. The third kappa shape index (κ3) is 3.66. The Morgan fingerprint density at radius 3 is 2.67 bits per heavy atom. The number of hydrogen-bond acceptors (Lipinski definition) is 7. The molecule has 9 nitrogen and oxygen atoms in total. The third-order valence-electron chi connectivity index (χ3n) is 4.99. The van der Waals surface area contributed by atoms with Crippen molar-refractivity contribution < 1.29 is 14.4 Å². The number of nitro benzene ring substituents is 1. The van der Waals surface area contributed by atoms with E-state index >= 15 is 0 Å². The number of fused-ring (bicyclic) bond motifs is 2. The average Bonchev–Trinajstić information content (AvgIpc) is 3.24. The van der Waals surface area contributed by atoms with E-state index in [1.165, 1.54) is 12.1 Å². The van der Waals surface area contributed by atoms with E-state index in [9.17, 15) is 20.0 Å². The summed E-state index contributed by atoms with van der Waals surface area (Å²) >= 11 is 3.19. The predicted octanol–water partition coefficient (Wildman–Crippen LogP) is 5.07. The monoisotopic (exact) mass is 504 g/mol. The number of nitro groups is 1. The summed E-state index contributed by atoms with van der Waals surface area (Å²) in [5.41, 5.74) is 0.173. The van der Waals surface area contributed by atoms with Crippen molar-refractivity contribution in [3.05, 3.63) is 97.2 Å². The summed E-state index contributed by atoms with van der Waals surface area (Å²) in [5, 5.41) is 26.9. The number of hydrogen-bond donors (Lipinski definition) is 1. The zero-order valence-electron chi connectivity index (χ0n) is 16.7. The number of aromatic hydroxyl groups is 1. The minimum atomic E-state index is -0.707. The molecule has 5 rings (SSSR count). The van der Waals surface area contributed by atoms with Gasteiger partial charge in [-0.1, -0.05) is 46.3 Å². The molecule has 0 aliphatic carbocycles. The first-order valence-electron chi connectivity index (χ1n) is 9.64. The van der Waals surface area contributed by atoms with E-state index in [1.807, 2.05) is 18.2 Å². The van der Waals surface area contributed by atoms with E-state index in [0.29, 0.717) is 26.7 Å². The molecule has 0 fully saturated rings. The topological polar surface area (TPSA) is 124 Å². The molecular weight excluding hydrogens is 492 g/mol. The van der Waals surface area contributed by atoms with E-state index in [2.05, 4.69) is 26.0 Å². The van der Waals surface area contributed by atoms with Crippen molar-refractivity contribution in [1.82, 2.24) is 9.66 Å². The first-order chi connectivity index (χ1) is 15.9. The molecule has 0 amide bonds. The highest BCUT2D eigenvalue weighted by atomic mass is 79.9. The number of halogens is 1. The summed E-state index contributed by atoms with van der Waals surface area (Å²) in [5.74, 6) is -0.102. The fraction of sp³-hybridized carbons (Fsp3) is 0. The first kappa shape index (κ1) is 20.6. The van der Waals surface area contributed by atoms with Gasteiger partial charge in [-0.15, -0.1) is 0 Å². The van der Waals surface area contributed by atoms with Crippen LogP contribution in [0.5, 0.6) is 5.75 Å². The second-order valence-electron chi connectivity index (χ2n) is 7.08. The number of phenolic OH excluding ortho intramolecular Hbond substituents is 1. The lowest BCUT2D eigenvalue weighted by atomic mass is 10.2. The van der Waals surface area contributed by atoms with Crippen LogP contribution in [-0.4, -0.2) is 25.9 Å². The van der Waals surface area contributed by atoms with Crippen molar-refractivity contribution in [3.63, 3.8) is 0 Å². The summed E-state index contributed by atoms with van der Waals surface area (Å²) in [6.07, 6.45) is 1.16. The summed E-state index contributed by atoms with van der Waals surface area (Å²) in [4.78, 5) is 28.4. The highest BCUT2D eigenvalue weighted by Gasteiger charge is 2.19. The number of furan rings is 1. The molecule has 0 atom stereocenters. The van der Waals surface area contributed by atoms with E-state index < -0.39 is 21.9 Å². The lowest BCUT2D eigenvalue weighted by Gasteiger charge is -2.07. The van der Waals surface area contributed by atoms with Crippen LogP contribution < -0.4 is 5.56 Å². The van der Waals surface area contributed by atoms with Gasteiger partial charge in [-0.2, -0.15) is 9.78 Å². The molecule has 0 spiro atoms. The molecule has 5 aromatic rings. The van der Waals surface area contributed by atoms with Crippen molar-refractivity contribution in [2.45, 2.75) is 0 Å². The van der Waals surface area contributed by atoms with Crippen LogP contribution in [0.1, 0.15) is 5.56 Å². The summed E-state index contributed by atoms with van der Waals surface area (Å²) in [6, 6.07) is 18.6. The van der Waals surface area contributed by atoms with Gasteiger partial charge >= 0.3 is 5.69 Å². The molecule has 1 N–H and O–H groups in total. The molecule has 0 bridgehead atoms. The highest BCUT2D eigenvalue weighted by Crippen LogP contribution is 2.33. The Labute approximate surface area is 193 Å². The minimum absolute atomic E-state index is 0.0479. The van der Waals surface area contributed by atoms with Crippen molar-refractivity contribution in [3.8, 4) is 17.3 Å². The van der Waals surface area contributed by atoms with Gasteiger partial charge in [0.1, 0.15) is 5.58 Å². The summed E-state index contributed by atoms with van der Waals surface area (Å²) < 4.78 is 7.32. The van der Waals surface area contributed by atoms with Crippen molar-refractivity contribution in [2.75, 3.05) is 0 Å². The van der Waals surface area contributed by atoms with Crippen molar-refractivity contribution in [1.29, 1.82) is 0 Å². The zero-order valence-corrected chi connectivity index (χ0v) is 18.3. The summed E-state index contributed by atoms with van der Waals surface area (Å²) in [6.45, 7) is 0. The van der Waals surface area contributed by atoms with Gasteiger partial charge in [0, 0.05) is 21.5 Å². The fourth-order valence-corrected chi connectivity index (χ4v) is 3.91. The van der Waals surface area contributed by atoms with Crippen LogP contribution in [0.25, 0.3) is 33.5 Å². The zero-order chi connectivity index (χ0) is 23.1.